The molecule has 0 bridgehead atoms. The molecule has 0 spiro atoms. The molecule has 2 amide bonds. The number of anilines is 1. The molecule has 0 atom stereocenters. The van der Waals surface area contributed by atoms with Crippen molar-refractivity contribution in [1.82, 2.24) is 15.5 Å². The fourth-order valence-electron chi connectivity index (χ4n) is 2.83. The third kappa shape index (κ3) is 5.80. The number of piperazine rings is 1. The van der Waals surface area contributed by atoms with Crippen LogP contribution >= 0.6 is 0 Å². The number of nitrogens with zero attached hydrogens (tertiary/aromatic N) is 2. The Kier molecular flexibility index (Phi) is 7.08. The summed E-state index contributed by atoms with van der Waals surface area (Å²) in [7, 11) is 0. The van der Waals surface area contributed by atoms with E-state index in [1.807, 2.05) is 9.80 Å². The molecule has 2 rings (SSSR count). The van der Waals surface area contributed by atoms with Crippen LogP contribution in [0.15, 0.2) is 18.2 Å². The van der Waals surface area contributed by atoms with Crippen molar-refractivity contribution in [2.45, 2.75) is 13.8 Å². The monoisotopic (exact) mass is 364 g/mol. The van der Waals surface area contributed by atoms with Crippen molar-refractivity contribution >= 4 is 23.3 Å². The molecule has 1 aliphatic heterocycles. The van der Waals surface area contributed by atoms with Gasteiger partial charge < -0.3 is 15.5 Å². The SMILES string of the molecule is CC(=O)NCCNC(=O)CN1CCN(c2ccc(C(C)=O)cc2F)CC1. The van der Waals surface area contributed by atoms with Crippen molar-refractivity contribution < 1.29 is 18.8 Å². The van der Waals surface area contributed by atoms with Crippen molar-refractivity contribution in [3.63, 3.8) is 0 Å². The minimum atomic E-state index is -0.401. The van der Waals surface area contributed by atoms with Crippen LogP contribution < -0.4 is 15.5 Å². The lowest BCUT2D eigenvalue weighted by molar-refractivity contribution is -0.123. The zero-order valence-electron chi connectivity index (χ0n) is 15.2. The molecule has 1 aromatic rings. The molecule has 142 valence electrons. The second kappa shape index (κ2) is 9.28. The second-order valence-electron chi connectivity index (χ2n) is 6.32. The summed E-state index contributed by atoms with van der Waals surface area (Å²) in [5.74, 6) is -0.786. The average Bonchev–Trinajstić information content (AvgIpc) is 2.59. The van der Waals surface area contributed by atoms with Crippen molar-refractivity contribution in [3.8, 4) is 0 Å². The van der Waals surface area contributed by atoms with Gasteiger partial charge in [0.05, 0.1) is 12.2 Å². The second-order valence-corrected chi connectivity index (χ2v) is 6.32. The molecule has 8 heteroatoms. The van der Waals surface area contributed by atoms with Crippen LogP contribution in [0.5, 0.6) is 0 Å². The van der Waals surface area contributed by atoms with E-state index in [-0.39, 0.29) is 24.1 Å². The first-order valence-corrected chi connectivity index (χ1v) is 8.65. The number of rotatable bonds is 7. The van der Waals surface area contributed by atoms with E-state index in [1.165, 1.54) is 19.9 Å². The Hall–Kier alpha value is -2.48. The molecule has 0 aliphatic carbocycles. The Balaban J connectivity index is 1.77. The number of hydrogen-bond acceptors (Lipinski definition) is 5. The van der Waals surface area contributed by atoms with E-state index in [9.17, 15) is 18.8 Å². The molecule has 1 aliphatic rings. The molecule has 1 aromatic carbocycles. The summed E-state index contributed by atoms with van der Waals surface area (Å²) in [6.45, 7) is 6.42. The molecule has 0 aromatic heterocycles. The molecule has 2 N–H and O–H groups in total. The lowest BCUT2D eigenvalue weighted by Gasteiger charge is -2.35. The maximum absolute atomic E-state index is 14.2. The van der Waals surface area contributed by atoms with Crippen LogP contribution in [-0.4, -0.2) is 68.3 Å². The summed E-state index contributed by atoms with van der Waals surface area (Å²) in [4.78, 5) is 37.9. The minimum Gasteiger partial charge on any atom is -0.367 e. The molecule has 0 radical (unpaired) electrons. The van der Waals surface area contributed by atoms with E-state index >= 15 is 0 Å². The van der Waals surface area contributed by atoms with Gasteiger partial charge in [0, 0.05) is 51.8 Å². The minimum absolute atomic E-state index is 0.0965. The maximum atomic E-state index is 14.2. The number of nitrogens with one attached hydrogen (secondary N) is 2. The highest BCUT2D eigenvalue weighted by Gasteiger charge is 2.21. The van der Waals surface area contributed by atoms with Gasteiger partial charge in [0.1, 0.15) is 5.82 Å². The van der Waals surface area contributed by atoms with E-state index in [2.05, 4.69) is 10.6 Å². The van der Waals surface area contributed by atoms with Crippen LogP contribution in [0.2, 0.25) is 0 Å². The highest BCUT2D eigenvalue weighted by Crippen LogP contribution is 2.22. The number of ketones is 1. The summed E-state index contributed by atoms with van der Waals surface area (Å²) >= 11 is 0. The highest BCUT2D eigenvalue weighted by molar-refractivity contribution is 5.94. The summed E-state index contributed by atoms with van der Waals surface area (Å²) in [5.41, 5.74) is 0.843. The highest BCUT2D eigenvalue weighted by atomic mass is 19.1. The van der Waals surface area contributed by atoms with Gasteiger partial charge in [0.2, 0.25) is 11.8 Å². The largest absolute Gasteiger partial charge is 0.367 e. The first-order valence-electron chi connectivity index (χ1n) is 8.65. The molecule has 26 heavy (non-hydrogen) atoms. The normalized spacial score (nSPS) is 14.8. The zero-order chi connectivity index (χ0) is 19.1. The average molecular weight is 364 g/mol. The number of carbonyl (C=O) groups excluding carboxylic acids is 3. The Morgan fingerprint density at radius 3 is 2.27 bits per heavy atom. The van der Waals surface area contributed by atoms with Gasteiger partial charge in [-0.1, -0.05) is 0 Å². The third-order valence-corrected chi connectivity index (χ3v) is 4.26. The molecular weight excluding hydrogens is 339 g/mol. The number of halogens is 1. The van der Waals surface area contributed by atoms with E-state index in [0.29, 0.717) is 50.5 Å². The molecule has 1 heterocycles. The molecular formula is C18H25FN4O3. The smallest absolute Gasteiger partial charge is 0.234 e. The predicted octanol–water partition coefficient (Wildman–Crippen LogP) is 0.403. The van der Waals surface area contributed by atoms with Crippen molar-refractivity contribution in [2.24, 2.45) is 0 Å². The molecule has 7 nitrogen and oxygen atoms in total. The van der Waals surface area contributed by atoms with Crippen LogP contribution in [0.1, 0.15) is 24.2 Å². The van der Waals surface area contributed by atoms with Gasteiger partial charge in [-0.05, 0) is 25.1 Å². The molecule has 1 fully saturated rings. The van der Waals surface area contributed by atoms with E-state index in [1.54, 1.807) is 12.1 Å². The number of hydrogen-bond donors (Lipinski definition) is 2. The van der Waals surface area contributed by atoms with Gasteiger partial charge in [-0.3, -0.25) is 19.3 Å². The summed E-state index contributed by atoms with van der Waals surface area (Å²) in [6.07, 6.45) is 0. The Morgan fingerprint density at radius 2 is 1.69 bits per heavy atom. The maximum Gasteiger partial charge on any atom is 0.234 e. The quantitative estimate of drug-likeness (QED) is 0.541. The zero-order valence-corrected chi connectivity index (χ0v) is 15.2. The summed E-state index contributed by atoms with van der Waals surface area (Å²) < 4.78 is 14.2. The Bertz CT molecular complexity index is 672. The van der Waals surface area contributed by atoms with E-state index < -0.39 is 5.82 Å². The van der Waals surface area contributed by atoms with Gasteiger partial charge >= 0.3 is 0 Å². The first-order chi connectivity index (χ1) is 12.4. The van der Waals surface area contributed by atoms with Gasteiger partial charge in [-0.15, -0.1) is 0 Å². The lowest BCUT2D eigenvalue weighted by atomic mass is 10.1. The van der Waals surface area contributed by atoms with Gasteiger partial charge in [-0.25, -0.2) is 4.39 Å². The van der Waals surface area contributed by atoms with Crippen LogP contribution in [0.4, 0.5) is 10.1 Å². The topological polar surface area (TPSA) is 81.8 Å². The molecule has 0 unspecified atom stereocenters. The number of Topliss-reactive ketones (excluding diaryl/α,β-unsaturated/α-hetero) is 1. The van der Waals surface area contributed by atoms with Gasteiger partial charge in [-0.2, -0.15) is 0 Å². The van der Waals surface area contributed by atoms with Crippen LogP contribution in [-0.2, 0) is 9.59 Å². The third-order valence-electron chi connectivity index (χ3n) is 4.26. The Morgan fingerprint density at radius 1 is 1.04 bits per heavy atom. The van der Waals surface area contributed by atoms with Crippen LogP contribution in [0.25, 0.3) is 0 Å². The Labute approximate surface area is 152 Å². The summed E-state index contributed by atoms with van der Waals surface area (Å²) in [6, 6.07) is 4.54. The number of amides is 2. The fraction of sp³-hybridized carbons (Fsp3) is 0.500. The van der Waals surface area contributed by atoms with Crippen LogP contribution in [0, 0.1) is 5.82 Å². The number of benzene rings is 1. The van der Waals surface area contributed by atoms with E-state index in [4.69, 9.17) is 0 Å². The summed E-state index contributed by atoms with van der Waals surface area (Å²) in [5, 5.41) is 5.37. The lowest BCUT2D eigenvalue weighted by Crippen LogP contribution is -2.50. The molecule has 1 saturated heterocycles. The van der Waals surface area contributed by atoms with Gasteiger partial charge in [0.15, 0.2) is 5.78 Å². The first kappa shape index (κ1) is 19.8. The van der Waals surface area contributed by atoms with Crippen molar-refractivity contribution in [1.29, 1.82) is 0 Å². The molecule has 0 saturated carbocycles. The predicted molar refractivity (Wildman–Crippen MR) is 96.8 cm³/mol. The number of carbonyl (C=O) groups is 3. The van der Waals surface area contributed by atoms with Gasteiger partial charge in [0.25, 0.3) is 0 Å². The van der Waals surface area contributed by atoms with Crippen molar-refractivity contribution in [2.75, 3.05) is 50.7 Å². The standard InChI is InChI=1S/C18H25FN4O3/c1-13(24)15-3-4-17(16(19)11-15)23-9-7-22(8-10-23)12-18(26)21-6-5-20-14(2)25/h3-4,11H,5-10,12H2,1-2H3,(H,20,25)(H,21,26). The fourth-order valence-corrected chi connectivity index (χ4v) is 2.83. The van der Waals surface area contributed by atoms with Crippen LogP contribution in [0.3, 0.4) is 0 Å². The van der Waals surface area contributed by atoms with Crippen molar-refractivity contribution in [3.05, 3.63) is 29.6 Å². The van der Waals surface area contributed by atoms with E-state index in [0.717, 1.165) is 0 Å².